The summed E-state index contributed by atoms with van der Waals surface area (Å²) in [5.41, 5.74) is 7.98. The smallest absolute Gasteiger partial charge is 0.249 e. The second kappa shape index (κ2) is 16.9. The summed E-state index contributed by atoms with van der Waals surface area (Å²) < 4.78 is 10.7. The van der Waals surface area contributed by atoms with E-state index in [0.29, 0.717) is 11.9 Å². The third kappa shape index (κ3) is 8.90. The van der Waals surface area contributed by atoms with Crippen molar-refractivity contribution in [2.24, 2.45) is 0 Å². The molecule has 0 saturated heterocycles. The van der Waals surface area contributed by atoms with E-state index in [9.17, 15) is 0 Å². The van der Waals surface area contributed by atoms with Gasteiger partial charge in [-0.05, 0) is 112 Å². The molecule has 0 aliphatic heterocycles. The van der Waals surface area contributed by atoms with Crippen molar-refractivity contribution in [1.82, 2.24) is 29.7 Å². The number of hydrogen-bond donors (Lipinski definition) is 0. The van der Waals surface area contributed by atoms with E-state index >= 15 is 0 Å². The Labute approximate surface area is 306 Å². The van der Waals surface area contributed by atoms with Gasteiger partial charge in [-0.2, -0.15) is 0 Å². The van der Waals surface area contributed by atoms with Crippen molar-refractivity contribution >= 4 is 23.3 Å². The number of hydrogen-bond acceptors (Lipinski definition) is 10. The summed E-state index contributed by atoms with van der Waals surface area (Å²) in [6, 6.07) is 32.8. The summed E-state index contributed by atoms with van der Waals surface area (Å²) >= 11 is 0. The standard InChI is InChI=1S/C42H46N8O2/c1-47(2)25-23-31-7-15-37(16-8-31)49(41-43-27-35(28-44-41)33-11-19-39(51-5)20-12-33)50(38-17-9-32(10-18-38)24-26-48(3)4)42-45-29-36(30-46-42)34-13-21-40(52-6)22-14-34/h7-22,27-30H,23-26H2,1-6H3. The molecule has 10 nitrogen and oxygen atoms in total. The van der Waals surface area contributed by atoms with Crippen LogP contribution in [-0.4, -0.2) is 85.2 Å². The molecule has 52 heavy (non-hydrogen) atoms. The SMILES string of the molecule is COc1ccc(-c2cnc(N(c3ccc(CCN(C)C)cc3)N(c3ccc(CCN(C)C)cc3)c3ncc(-c4ccc(OC)cc4)cn3)nc2)cc1. The number of methoxy groups -OCH3 is 2. The Bertz CT molecular complexity index is 1830. The van der Waals surface area contributed by atoms with Crippen LogP contribution < -0.4 is 19.5 Å². The molecule has 266 valence electrons. The molecular weight excluding hydrogens is 649 g/mol. The first kappa shape index (κ1) is 36.0. The van der Waals surface area contributed by atoms with Crippen molar-refractivity contribution < 1.29 is 9.47 Å². The van der Waals surface area contributed by atoms with Crippen LogP contribution in [0.25, 0.3) is 22.3 Å². The van der Waals surface area contributed by atoms with Crippen LogP contribution in [0.1, 0.15) is 11.1 Å². The van der Waals surface area contributed by atoms with Gasteiger partial charge in [-0.25, -0.2) is 30.0 Å². The van der Waals surface area contributed by atoms with Gasteiger partial charge in [-0.3, -0.25) is 0 Å². The van der Waals surface area contributed by atoms with Crippen molar-refractivity contribution in [1.29, 1.82) is 0 Å². The number of anilines is 4. The Balaban J connectivity index is 1.44. The first-order valence-corrected chi connectivity index (χ1v) is 17.3. The van der Waals surface area contributed by atoms with Crippen molar-refractivity contribution in [3.63, 3.8) is 0 Å². The van der Waals surface area contributed by atoms with E-state index in [1.807, 2.05) is 83.3 Å². The summed E-state index contributed by atoms with van der Waals surface area (Å²) in [5, 5.41) is 3.95. The minimum atomic E-state index is 0.470. The number of hydrazine groups is 1. The van der Waals surface area contributed by atoms with Gasteiger partial charge >= 0.3 is 0 Å². The molecule has 0 spiro atoms. The molecule has 0 aliphatic carbocycles. The second-order valence-electron chi connectivity index (χ2n) is 13.1. The molecule has 0 N–H and O–H groups in total. The first-order valence-electron chi connectivity index (χ1n) is 17.3. The number of aromatic nitrogens is 4. The minimum Gasteiger partial charge on any atom is -0.497 e. The summed E-state index contributed by atoms with van der Waals surface area (Å²) in [4.78, 5) is 24.1. The van der Waals surface area contributed by atoms with Crippen LogP contribution in [0, 0.1) is 0 Å². The van der Waals surface area contributed by atoms with E-state index < -0.39 is 0 Å². The zero-order chi connectivity index (χ0) is 36.5. The largest absolute Gasteiger partial charge is 0.497 e. The molecule has 6 rings (SSSR count). The average molecular weight is 695 g/mol. The molecule has 2 aromatic heterocycles. The van der Waals surface area contributed by atoms with Gasteiger partial charge < -0.3 is 19.3 Å². The lowest BCUT2D eigenvalue weighted by molar-refractivity contribution is 0.413. The zero-order valence-corrected chi connectivity index (χ0v) is 30.8. The quantitative estimate of drug-likeness (QED) is 0.0997. The number of ether oxygens (including phenoxy) is 2. The molecule has 0 radical (unpaired) electrons. The van der Waals surface area contributed by atoms with E-state index in [1.165, 1.54) is 11.1 Å². The fourth-order valence-electron chi connectivity index (χ4n) is 5.68. The van der Waals surface area contributed by atoms with E-state index in [0.717, 1.165) is 71.1 Å². The van der Waals surface area contributed by atoms with Crippen LogP contribution >= 0.6 is 0 Å². The van der Waals surface area contributed by atoms with Crippen molar-refractivity contribution in [3.05, 3.63) is 133 Å². The number of likely N-dealkylation sites (N-methyl/N-ethyl adjacent to an activating group) is 2. The second-order valence-corrected chi connectivity index (χ2v) is 13.1. The third-order valence-electron chi connectivity index (χ3n) is 8.76. The molecule has 6 aromatic rings. The number of nitrogens with zero attached hydrogens (tertiary/aromatic N) is 8. The van der Waals surface area contributed by atoms with Crippen LogP contribution in [0.15, 0.2) is 122 Å². The van der Waals surface area contributed by atoms with Crippen LogP contribution in [0.2, 0.25) is 0 Å². The maximum absolute atomic E-state index is 5.36. The molecule has 0 saturated carbocycles. The summed E-state index contributed by atoms with van der Waals surface area (Å²) in [6.45, 7) is 1.92. The lowest BCUT2D eigenvalue weighted by Gasteiger charge is -2.35. The Kier molecular flexibility index (Phi) is 11.7. The monoisotopic (exact) mass is 694 g/mol. The summed E-state index contributed by atoms with van der Waals surface area (Å²) in [6.07, 6.45) is 9.26. The van der Waals surface area contributed by atoms with Gasteiger partial charge in [-0.15, -0.1) is 0 Å². The maximum atomic E-state index is 5.36. The number of benzene rings is 4. The van der Waals surface area contributed by atoms with E-state index in [2.05, 4.69) is 86.5 Å². The molecule has 0 fully saturated rings. The minimum absolute atomic E-state index is 0.470. The topological polar surface area (TPSA) is 83.0 Å². The third-order valence-corrected chi connectivity index (χ3v) is 8.76. The van der Waals surface area contributed by atoms with E-state index in [1.54, 1.807) is 14.2 Å². The Hall–Kier alpha value is -5.84. The Morgan fingerprint density at radius 1 is 0.423 bits per heavy atom. The Morgan fingerprint density at radius 2 is 0.750 bits per heavy atom. The average Bonchev–Trinajstić information content (AvgIpc) is 3.19. The van der Waals surface area contributed by atoms with Crippen LogP contribution in [0.3, 0.4) is 0 Å². The van der Waals surface area contributed by atoms with Gasteiger partial charge in [0, 0.05) is 49.0 Å². The summed E-state index contributed by atoms with van der Waals surface area (Å²) in [7, 11) is 11.7. The van der Waals surface area contributed by atoms with Crippen LogP contribution in [-0.2, 0) is 12.8 Å². The molecule has 4 aromatic carbocycles. The lowest BCUT2D eigenvalue weighted by atomic mass is 10.1. The first-order chi connectivity index (χ1) is 25.3. The highest BCUT2D eigenvalue weighted by atomic mass is 16.5. The molecule has 2 heterocycles. The van der Waals surface area contributed by atoms with Crippen molar-refractivity contribution in [3.8, 4) is 33.8 Å². The van der Waals surface area contributed by atoms with E-state index in [4.69, 9.17) is 29.4 Å². The van der Waals surface area contributed by atoms with Crippen molar-refractivity contribution in [2.75, 3.05) is 65.5 Å². The van der Waals surface area contributed by atoms with E-state index in [-0.39, 0.29) is 0 Å². The van der Waals surface area contributed by atoms with Gasteiger partial charge in [0.05, 0.1) is 25.6 Å². The molecule has 0 unspecified atom stereocenters. The molecule has 10 heteroatoms. The highest BCUT2D eigenvalue weighted by Crippen LogP contribution is 2.35. The fourth-order valence-corrected chi connectivity index (χ4v) is 5.68. The Morgan fingerprint density at radius 3 is 1.04 bits per heavy atom. The lowest BCUT2D eigenvalue weighted by Crippen LogP contribution is -2.38. The van der Waals surface area contributed by atoms with Gasteiger partial charge in [0.1, 0.15) is 11.5 Å². The molecule has 0 aliphatic rings. The highest BCUT2D eigenvalue weighted by molar-refractivity contribution is 5.73. The molecule has 0 atom stereocenters. The van der Waals surface area contributed by atoms with Crippen LogP contribution in [0.5, 0.6) is 11.5 Å². The molecule has 0 amide bonds. The van der Waals surface area contributed by atoms with Gasteiger partial charge in [0.25, 0.3) is 0 Å². The van der Waals surface area contributed by atoms with Crippen molar-refractivity contribution in [2.45, 2.75) is 12.8 Å². The predicted molar refractivity (Wildman–Crippen MR) is 210 cm³/mol. The fraction of sp³-hybridized carbons (Fsp3) is 0.238. The normalized spacial score (nSPS) is 11.2. The predicted octanol–water partition coefficient (Wildman–Crippen LogP) is 7.72. The highest BCUT2D eigenvalue weighted by Gasteiger charge is 2.26. The molecular formula is C42H46N8O2. The maximum Gasteiger partial charge on any atom is 0.249 e. The van der Waals surface area contributed by atoms with Gasteiger partial charge in [0.15, 0.2) is 0 Å². The number of rotatable bonds is 15. The summed E-state index contributed by atoms with van der Waals surface area (Å²) in [5.74, 6) is 2.53. The zero-order valence-electron chi connectivity index (χ0n) is 30.8. The van der Waals surface area contributed by atoms with Crippen LogP contribution in [0.4, 0.5) is 23.3 Å². The molecule has 0 bridgehead atoms. The van der Waals surface area contributed by atoms with Gasteiger partial charge in [-0.1, -0.05) is 48.5 Å². The van der Waals surface area contributed by atoms with Gasteiger partial charge in [0.2, 0.25) is 11.9 Å².